The summed E-state index contributed by atoms with van der Waals surface area (Å²) in [6, 6.07) is 0. The van der Waals surface area contributed by atoms with Crippen molar-refractivity contribution in [2.24, 2.45) is 5.41 Å². The number of rotatable bonds is 7. The fraction of sp³-hybridized carbons (Fsp3) is 0.786. The minimum absolute atomic E-state index is 0.0671. The van der Waals surface area contributed by atoms with Crippen molar-refractivity contribution >= 4 is 17.7 Å². The second-order valence-corrected chi connectivity index (χ2v) is 5.68. The van der Waals surface area contributed by atoms with E-state index >= 15 is 0 Å². The highest BCUT2D eigenvalue weighted by Crippen LogP contribution is 2.45. The Kier molecular flexibility index (Phi) is 4.91. The molecule has 0 aromatic carbocycles. The fourth-order valence-electron chi connectivity index (χ4n) is 2.27. The first kappa shape index (κ1) is 16.6. The standard InChI is InChI=1S/C14H22O6/c1-9(15)6-7-14(11(16)18-4,12(17)19-5)8-10-13(2,3)20-10/h10H,6-8H2,1-5H3. The first-order valence-electron chi connectivity index (χ1n) is 6.53. The maximum atomic E-state index is 12.1. The maximum absolute atomic E-state index is 12.1. The molecule has 1 aliphatic heterocycles. The summed E-state index contributed by atoms with van der Waals surface area (Å²) in [5.74, 6) is -1.47. The number of Topliss-reactive ketones (excluding diaryl/α,β-unsaturated/α-hetero) is 1. The van der Waals surface area contributed by atoms with Crippen LogP contribution in [0.5, 0.6) is 0 Å². The van der Waals surface area contributed by atoms with Gasteiger partial charge in [0, 0.05) is 12.8 Å². The van der Waals surface area contributed by atoms with Gasteiger partial charge in [-0.25, -0.2) is 0 Å². The van der Waals surface area contributed by atoms with E-state index in [9.17, 15) is 14.4 Å². The van der Waals surface area contributed by atoms with Gasteiger partial charge in [-0.1, -0.05) is 0 Å². The monoisotopic (exact) mass is 286 g/mol. The predicted octanol–water partition coefficient (Wildman–Crippen LogP) is 1.26. The van der Waals surface area contributed by atoms with E-state index in [1.807, 2.05) is 13.8 Å². The van der Waals surface area contributed by atoms with Gasteiger partial charge in [0.1, 0.15) is 5.78 Å². The van der Waals surface area contributed by atoms with Gasteiger partial charge >= 0.3 is 11.9 Å². The molecule has 0 aromatic rings. The van der Waals surface area contributed by atoms with Crippen LogP contribution in [0.1, 0.15) is 40.0 Å². The smallest absolute Gasteiger partial charge is 0.323 e. The van der Waals surface area contributed by atoms with Crippen molar-refractivity contribution in [3.8, 4) is 0 Å². The SMILES string of the molecule is COC(=O)C(CCC(C)=O)(CC1OC1(C)C)C(=O)OC. The summed E-state index contributed by atoms with van der Waals surface area (Å²) in [5, 5.41) is 0. The van der Waals surface area contributed by atoms with Crippen molar-refractivity contribution in [3.05, 3.63) is 0 Å². The third-order valence-electron chi connectivity index (χ3n) is 3.75. The molecule has 6 heteroatoms. The van der Waals surface area contributed by atoms with Crippen LogP contribution < -0.4 is 0 Å². The van der Waals surface area contributed by atoms with Crippen molar-refractivity contribution in [2.75, 3.05) is 14.2 Å². The van der Waals surface area contributed by atoms with Crippen molar-refractivity contribution in [1.29, 1.82) is 0 Å². The first-order valence-corrected chi connectivity index (χ1v) is 6.53. The number of methoxy groups -OCH3 is 2. The number of ether oxygens (including phenoxy) is 3. The van der Waals surface area contributed by atoms with E-state index in [1.54, 1.807) is 0 Å². The molecule has 0 N–H and O–H groups in total. The molecule has 6 nitrogen and oxygen atoms in total. The number of carbonyl (C=O) groups excluding carboxylic acids is 3. The largest absolute Gasteiger partial charge is 0.468 e. The zero-order chi connectivity index (χ0) is 15.6. The fourth-order valence-corrected chi connectivity index (χ4v) is 2.27. The normalized spacial score (nSPS) is 20.1. The lowest BCUT2D eigenvalue weighted by Crippen LogP contribution is -2.43. The van der Waals surface area contributed by atoms with Gasteiger partial charge in [0.05, 0.1) is 25.9 Å². The molecule has 1 unspecified atom stereocenters. The average molecular weight is 286 g/mol. The minimum atomic E-state index is -1.48. The van der Waals surface area contributed by atoms with Gasteiger partial charge in [-0.3, -0.25) is 9.59 Å². The highest BCUT2D eigenvalue weighted by molar-refractivity contribution is 6.00. The number of ketones is 1. The second-order valence-electron chi connectivity index (χ2n) is 5.68. The molecule has 0 radical (unpaired) electrons. The van der Waals surface area contributed by atoms with E-state index in [0.717, 1.165) is 0 Å². The summed E-state index contributed by atoms with van der Waals surface area (Å²) in [6.45, 7) is 5.17. The van der Waals surface area contributed by atoms with Crippen molar-refractivity contribution in [3.63, 3.8) is 0 Å². The zero-order valence-corrected chi connectivity index (χ0v) is 12.6. The third kappa shape index (κ3) is 3.36. The molecule has 1 atom stereocenters. The van der Waals surface area contributed by atoms with Crippen LogP contribution in [0.15, 0.2) is 0 Å². The van der Waals surface area contributed by atoms with Crippen LogP contribution in [0.3, 0.4) is 0 Å². The van der Waals surface area contributed by atoms with E-state index < -0.39 is 17.4 Å². The molecule has 1 aliphatic rings. The number of carbonyl (C=O) groups is 3. The highest BCUT2D eigenvalue weighted by atomic mass is 16.6. The van der Waals surface area contributed by atoms with E-state index in [1.165, 1.54) is 21.1 Å². The summed E-state index contributed by atoms with van der Waals surface area (Å²) in [5.41, 5.74) is -1.85. The number of esters is 2. The molecule has 1 saturated heterocycles. The van der Waals surface area contributed by atoms with Crippen LogP contribution in [0, 0.1) is 5.41 Å². The molecule has 0 bridgehead atoms. The molecule has 1 heterocycles. The third-order valence-corrected chi connectivity index (χ3v) is 3.75. The molecule has 0 aliphatic carbocycles. The molecule has 20 heavy (non-hydrogen) atoms. The van der Waals surface area contributed by atoms with E-state index in [0.29, 0.717) is 0 Å². The van der Waals surface area contributed by atoms with Gasteiger partial charge in [-0.15, -0.1) is 0 Å². The number of epoxide rings is 1. The maximum Gasteiger partial charge on any atom is 0.323 e. The Morgan fingerprint density at radius 3 is 1.90 bits per heavy atom. The van der Waals surface area contributed by atoms with Gasteiger partial charge in [0.25, 0.3) is 0 Å². The Morgan fingerprint density at radius 1 is 1.15 bits per heavy atom. The summed E-state index contributed by atoms with van der Waals surface area (Å²) in [6.07, 6.45) is 0.106. The molecule has 1 rings (SSSR count). The summed E-state index contributed by atoms with van der Waals surface area (Å²) >= 11 is 0. The predicted molar refractivity (Wildman–Crippen MR) is 69.9 cm³/mol. The van der Waals surface area contributed by atoms with Crippen LogP contribution in [0.2, 0.25) is 0 Å². The molecular weight excluding hydrogens is 264 g/mol. The zero-order valence-electron chi connectivity index (χ0n) is 12.6. The van der Waals surface area contributed by atoms with E-state index in [4.69, 9.17) is 14.2 Å². The van der Waals surface area contributed by atoms with E-state index in [2.05, 4.69) is 0 Å². The van der Waals surface area contributed by atoms with Crippen molar-refractivity contribution < 1.29 is 28.6 Å². The van der Waals surface area contributed by atoms with Gasteiger partial charge in [-0.2, -0.15) is 0 Å². The lowest BCUT2D eigenvalue weighted by atomic mass is 9.77. The lowest BCUT2D eigenvalue weighted by Gasteiger charge is -2.27. The van der Waals surface area contributed by atoms with Gasteiger partial charge in [0.15, 0.2) is 5.41 Å². The van der Waals surface area contributed by atoms with Crippen LogP contribution >= 0.6 is 0 Å². The summed E-state index contributed by atoms with van der Waals surface area (Å²) in [7, 11) is 2.43. The Hall–Kier alpha value is -1.43. The lowest BCUT2D eigenvalue weighted by molar-refractivity contribution is -0.170. The van der Waals surface area contributed by atoms with Gasteiger partial charge < -0.3 is 19.0 Å². The molecule has 114 valence electrons. The minimum Gasteiger partial charge on any atom is -0.468 e. The Balaban J connectivity index is 3.01. The van der Waals surface area contributed by atoms with Gasteiger partial charge in [0.2, 0.25) is 0 Å². The van der Waals surface area contributed by atoms with Crippen LogP contribution in [0.4, 0.5) is 0 Å². The van der Waals surface area contributed by atoms with Crippen molar-refractivity contribution in [2.45, 2.75) is 51.7 Å². The summed E-state index contributed by atoms with van der Waals surface area (Å²) in [4.78, 5) is 35.5. The molecule has 1 fully saturated rings. The highest BCUT2D eigenvalue weighted by Gasteiger charge is 2.58. The molecule has 0 aromatic heterocycles. The summed E-state index contributed by atoms with van der Waals surface area (Å²) < 4.78 is 15.0. The average Bonchev–Trinajstić information content (AvgIpc) is 2.99. The Morgan fingerprint density at radius 2 is 1.60 bits per heavy atom. The van der Waals surface area contributed by atoms with Gasteiger partial charge in [-0.05, 0) is 27.2 Å². The van der Waals surface area contributed by atoms with Crippen LogP contribution in [0.25, 0.3) is 0 Å². The first-order chi connectivity index (χ1) is 9.19. The quantitative estimate of drug-likeness (QED) is 0.398. The molecule has 0 amide bonds. The van der Waals surface area contributed by atoms with Crippen LogP contribution in [-0.2, 0) is 28.6 Å². The van der Waals surface area contributed by atoms with E-state index in [-0.39, 0.29) is 36.8 Å². The molecular formula is C14H22O6. The van der Waals surface area contributed by atoms with Crippen molar-refractivity contribution in [1.82, 2.24) is 0 Å². The number of hydrogen-bond donors (Lipinski definition) is 0. The Bertz CT molecular complexity index is 396. The van der Waals surface area contributed by atoms with Crippen LogP contribution in [-0.4, -0.2) is 43.6 Å². The number of hydrogen-bond acceptors (Lipinski definition) is 6. The topological polar surface area (TPSA) is 82.2 Å². The second kappa shape index (κ2) is 5.91. The Labute approximate surface area is 118 Å². The molecule has 0 saturated carbocycles. The molecule has 0 spiro atoms.